The zero-order chi connectivity index (χ0) is 10.3. The number of rotatable bonds is 2. The Labute approximate surface area is 92.2 Å². The molecule has 1 saturated carbocycles. The molecule has 0 bridgehead atoms. The van der Waals surface area contributed by atoms with Gasteiger partial charge in [-0.05, 0) is 37.5 Å². The molecule has 0 amide bonds. The van der Waals surface area contributed by atoms with Crippen LogP contribution in [0, 0.1) is 6.92 Å². The van der Waals surface area contributed by atoms with Crippen LogP contribution in [0.15, 0.2) is 16.6 Å². The maximum absolute atomic E-state index is 6.00. The van der Waals surface area contributed by atoms with Gasteiger partial charge < -0.3 is 10.7 Å². The van der Waals surface area contributed by atoms with E-state index in [9.17, 15) is 0 Å². The lowest BCUT2D eigenvalue weighted by molar-refractivity contribution is 0.847. The number of anilines is 2. The van der Waals surface area contributed by atoms with Crippen molar-refractivity contribution >= 4 is 27.3 Å². The number of hydrogen-bond donors (Lipinski definition) is 2. The molecule has 0 atom stereocenters. The van der Waals surface area contributed by atoms with Crippen molar-refractivity contribution in [3.63, 3.8) is 0 Å². The molecule has 0 radical (unpaired) electrons. The van der Waals surface area contributed by atoms with Gasteiger partial charge in [-0.2, -0.15) is 0 Å². The molecule has 2 rings (SSSR count). The lowest BCUT2D eigenvalue weighted by Gasteiger charge is -2.21. The predicted octanol–water partition coefficient (Wildman–Crippen LogP) is 2.18. The van der Waals surface area contributed by atoms with Gasteiger partial charge in [0.15, 0.2) is 0 Å². The van der Waals surface area contributed by atoms with E-state index < -0.39 is 0 Å². The first kappa shape index (κ1) is 9.80. The summed E-state index contributed by atoms with van der Waals surface area (Å²) < 4.78 is 1.03. The molecule has 4 N–H and O–H groups in total. The third-order valence-corrected chi connectivity index (χ3v) is 3.50. The monoisotopic (exact) mass is 255 g/mol. The van der Waals surface area contributed by atoms with Gasteiger partial charge in [0.25, 0.3) is 0 Å². The van der Waals surface area contributed by atoms with Crippen LogP contribution in [0.4, 0.5) is 11.4 Å². The van der Waals surface area contributed by atoms with Crippen molar-refractivity contribution in [3.8, 4) is 0 Å². The summed E-state index contributed by atoms with van der Waals surface area (Å²) in [5.74, 6) is 5.96. The van der Waals surface area contributed by atoms with Crippen molar-refractivity contribution in [2.45, 2.75) is 25.8 Å². The summed E-state index contributed by atoms with van der Waals surface area (Å²) in [6.45, 7) is 1.99. The van der Waals surface area contributed by atoms with E-state index in [-0.39, 0.29) is 0 Å². The summed E-state index contributed by atoms with van der Waals surface area (Å²) in [7, 11) is 0. The molecule has 1 aromatic rings. The summed E-state index contributed by atoms with van der Waals surface area (Å²) in [6.07, 6.45) is 2.34. The number of nitrogens with zero attached hydrogens (tertiary/aromatic N) is 1. The summed E-state index contributed by atoms with van der Waals surface area (Å²) in [4.78, 5) is 0. The molecular formula is C10H14BrN3. The highest BCUT2D eigenvalue weighted by Crippen LogP contribution is 2.35. The van der Waals surface area contributed by atoms with E-state index in [1.807, 2.05) is 19.1 Å². The normalized spacial score (nSPS) is 15.6. The van der Waals surface area contributed by atoms with Crippen LogP contribution in [-0.2, 0) is 0 Å². The largest absolute Gasteiger partial charge is 0.397 e. The Morgan fingerprint density at radius 2 is 2.07 bits per heavy atom. The molecule has 0 aliphatic heterocycles. The highest BCUT2D eigenvalue weighted by atomic mass is 79.9. The number of nitrogens with two attached hydrogens (primary N) is 2. The second-order valence-corrected chi connectivity index (χ2v) is 4.60. The number of halogens is 1. The summed E-state index contributed by atoms with van der Waals surface area (Å²) in [5, 5.41) is 1.79. The van der Waals surface area contributed by atoms with Gasteiger partial charge in [0.05, 0.1) is 11.4 Å². The van der Waals surface area contributed by atoms with Crippen LogP contribution in [0.5, 0.6) is 0 Å². The fraction of sp³-hybridized carbons (Fsp3) is 0.400. The maximum atomic E-state index is 6.00. The zero-order valence-corrected chi connectivity index (χ0v) is 9.71. The van der Waals surface area contributed by atoms with Crippen molar-refractivity contribution in [1.82, 2.24) is 0 Å². The molecule has 4 heteroatoms. The minimum Gasteiger partial charge on any atom is -0.397 e. The molecule has 76 valence electrons. The quantitative estimate of drug-likeness (QED) is 0.484. The average molecular weight is 256 g/mol. The van der Waals surface area contributed by atoms with E-state index >= 15 is 0 Å². The maximum Gasteiger partial charge on any atom is 0.0753 e. The second kappa shape index (κ2) is 3.44. The summed E-state index contributed by atoms with van der Waals surface area (Å²) in [5.41, 5.74) is 8.76. The molecular weight excluding hydrogens is 242 g/mol. The molecule has 0 saturated heterocycles. The number of nitrogen functional groups attached to an aromatic ring is 1. The van der Waals surface area contributed by atoms with Crippen LogP contribution >= 0.6 is 15.9 Å². The lowest BCUT2D eigenvalue weighted by Crippen LogP contribution is -2.33. The van der Waals surface area contributed by atoms with Gasteiger partial charge in [0, 0.05) is 10.5 Å². The van der Waals surface area contributed by atoms with Gasteiger partial charge in [-0.3, -0.25) is 0 Å². The second-order valence-electron chi connectivity index (χ2n) is 3.74. The SMILES string of the molecule is Cc1c(Br)ccc(N(N)C2CC2)c1N. The van der Waals surface area contributed by atoms with E-state index in [1.54, 1.807) is 5.01 Å². The number of benzene rings is 1. The van der Waals surface area contributed by atoms with Gasteiger partial charge in [-0.15, -0.1) is 0 Å². The standard InChI is InChI=1S/C10H14BrN3/c1-6-8(11)4-5-9(10(6)12)14(13)7-2-3-7/h4-5,7H,2-3,12-13H2,1H3. The van der Waals surface area contributed by atoms with E-state index in [2.05, 4.69) is 15.9 Å². The Bertz CT molecular complexity index is 361. The van der Waals surface area contributed by atoms with E-state index in [4.69, 9.17) is 11.6 Å². The van der Waals surface area contributed by atoms with Crippen LogP contribution in [0.2, 0.25) is 0 Å². The van der Waals surface area contributed by atoms with Gasteiger partial charge in [-0.1, -0.05) is 15.9 Å². The highest BCUT2D eigenvalue weighted by molar-refractivity contribution is 9.10. The van der Waals surface area contributed by atoms with Crippen molar-refractivity contribution < 1.29 is 0 Å². The molecule has 1 aliphatic carbocycles. The van der Waals surface area contributed by atoms with E-state index in [0.29, 0.717) is 6.04 Å². The fourth-order valence-electron chi connectivity index (χ4n) is 1.46. The Kier molecular flexibility index (Phi) is 2.41. The predicted molar refractivity (Wildman–Crippen MR) is 63.0 cm³/mol. The Hall–Kier alpha value is -0.740. The molecule has 1 aliphatic rings. The van der Waals surface area contributed by atoms with Gasteiger partial charge in [-0.25, -0.2) is 5.84 Å². The van der Waals surface area contributed by atoms with Crippen LogP contribution in [0.25, 0.3) is 0 Å². The van der Waals surface area contributed by atoms with Crippen molar-refractivity contribution in [2.24, 2.45) is 5.84 Å². The third kappa shape index (κ3) is 1.60. The summed E-state index contributed by atoms with van der Waals surface area (Å²) in [6, 6.07) is 4.44. The minimum absolute atomic E-state index is 0.484. The minimum atomic E-state index is 0.484. The Morgan fingerprint density at radius 3 is 2.64 bits per heavy atom. The van der Waals surface area contributed by atoms with Crippen molar-refractivity contribution in [3.05, 3.63) is 22.2 Å². The highest BCUT2D eigenvalue weighted by Gasteiger charge is 2.28. The van der Waals surface area contributed by atoms with Gasteiger partial charge >= 0.3 is 0 Å². The fourth-order valence-corrected chi connectivity index (χ4v) is 1.81. The molecule has 0 heterocycles. The molecule has 0 aromatic heterocycles. The zero-order valence-electron chi connectivity index (χ0n) is 8.13. The first-order valence-corrected chi connectivity index (χ1v) is 5.49. The van der Waals surface area contributed by atoms with E-state index in [0.717, 1.165) is 21.4 Å². The molecule has 0 unspecified atom stereocenters. The molecule has 3 nitrogen and oxygen atoms in total. The van der Waals surface area contributed by atoms with Gasteiger partial charge in [0.1, 0.15) is 0 Å². The summed E-state index contributed by atoms with van der Waals surface area (Å²) >= 11 is 3.44. The van der Waals surface area contributed by atoms with E-state index in [1.165, 1.54) is 12.8 Å². The van der Waals surface area contributed by atoms with Crippen molar-refractivity contribution in [1.29, 1.82) is 0 Å². The van der Waals surface area contributed by atoms with Crippen LogP contribution in [-0.4, -0.2) is 6.04 Å². The first-order valence-electron chi connectivity index (χ1n) is 4.69. The first-order chi connectivity index (χ1) is 6.61. The molecule has 14 heavy (non-hydrogen) atoms. The number of hydrazine groups is 1. The Balaban J connectivity index is 2.38. The Morgan fingerprint density at radius 1 is 1.43 bits per heavy atom. The average Bonchev–Trinajstić information content (AvgIpc) is 2.97. The van der Waals surface area contributed by atoms with Crippen LogP contribution < -0.4 is 16.6 Å². The molecule has 0 spiro atoms. The third-order valence-electron chi connectivity index (χ3n) is 2.64. The topological polar surface area (TPSA) is 55.3 Å². The van der Waals surface area contributed by atoms with Crippen molar-refractivity contribution in [2.75, 3.05) is 10.7 Å². The smallest absolute Gasteiger partial charge is 0.0753 e. The number of hydrogen-bond acceptors (Lipinski definition) is 3. The van der Waals surface area contributed by atoms with Gasteiger partial charge in [0.2, 0.25) is 0 Å². The van der Waals surface area contributed by atoms with Crippen LogP contribution in [0.1, 0.15) is 18.4 Å². The van der Waals surface area contributed by atoms with Crippen LogP contribution in [0.3, 0.4) is 0 Å². The molecule has 1 aromatic carbocycles. The lowest BCUT2D eigenvalue weighted by atomic mass is 10.1. The molecule has 1 fully saturated rings.